The molecule has 0 atom stereocenters. The molecular formula is C30H35N3O3. The van der Waals surface area contributed by atoms with Crippen LogP contribution in [0.4, 0.5) is 10.5 Å². The molecular weight excluding hydrogens is 450 g/mol. The number of anilines is 1. The lowest BCUT2D eigenvalue weighted by atomic mass is 10.0. The van der Waals surface area contributed by atoms with Gasteiger partial charge in [0, 0.05) is 25.1 Å². The van der Waals surface area contributed by atoms with Crippen LogP contribution in [0.2, 0.25) is 0 Å². The maximum absolute atomic E-state index is 11.9. The Morgan fingerprint density at radius 1 is 0.944 bits per heavy atom. The van der Waals surface area contributed by atoms with Crippen molar-refractivity contribution in [1.82, 2.24) is 9.55 Å². The van der Waals surface area contributed by atoms with Crippen LogP contribution >= 0.6 is 0 Å². The van der Waals surface area contributed by atoms with Gasteiger partial charge in [-0.05, 0) is 49.1 Å². The molecule has 1 N–H and O–H groups in total. The normalized spacial score (nSPS) is 11.0. The van der Waals surface area contributed by atoms with E-state index in [9.17, 15) is 4.79 Å². The van der Waals surface area contributed by atoms with Crippen LogP contribution in [0.25, 0.3) is 22.2 Å². The van der Waals surface area contributed by atoms with Crippen molar-refractivity contribution in [3.05, 3.63) is 78.1 Å². The van der Waals surface area contributed by atoms with Crippen LogP contribution in [-0.4, -0.2) is 28.9 Å². The third-order valence-corrected chi connectivity index (χ3v) is 6.11. The molecule has 188 valence electrons. The number of fused-ring (bicyclic) bond motifs is 1. The van der Waals surface area contributed by atoms with E-state index in [0.717, 1.165) is 72.4 Å². The molecule has 0 aliphatic heterocycles. The van der Waals surface area contributed by atoms with Gasteiger partial charge in [0.2, 0.25) is 0 Å². The molecule has 6 nitrogen and oxygen atoms in total. The van der Waals surface area contributed by atoms with Crippen LogP contribution in [0.5, 0.6) is 5.75 Å². The quantitative estimate of drug-likeness (QED) is 0.176. The Bertz CT molecular complexity index is 1290. The number of nitrogens with zero attached hydrogens (tertiary/aromatic N) is 2. The van der Waals surface area contributed by atoms with E-state index in [2.05, 4.69) is 66.2 Å². The van der Waals surface area contributed by atoms with Gasteiger partial charge in [0.05, 0.1) is 23.3 Å². The number of rotatable bonds is 11. The van der Waals surface area contributed by atoms with E-state index < -0.39 is 6.16 Å². The molecule has 0 fully saturated rings. The fourth-order valence-electron chi connectivity index (χ4n) is 4.34. The van der Waals surface area contributed by atoms with E-state index in [0.29, 0.717) is 5.75 Å². The maximum atomic E-state index is 11.9. The summed E-state index contributed by atoms with van der Waals surface area (Å²) < 4.78 is 12.7. The number of nitrogens with one attached hydrogen (secondary N) is 1. The Morgan fingerprint density at radius 3 is 2.50 bits per heavy atom. The Morgan fingerprint density at radius 2 is 1.75 bits per heavy atom. The summed E-state index contributed by atoms with van der Waals surface area (Å²) in [5.41, 5.74) is 6.33. The predicted octanol–water partition coefficient (Wildman–Crippen LogP) is 7.45. The zero-order valence-corrected chi connectivity index (χ0v) is 21.4. The molecule has 0 aliphatic carbocycles. The summed E-state index contributed by atoms with van der Waals surface area (Å²) in [6, 6.07) is 22.2. The Labute approximate surface area is 213 Å². The molecule has 0 radical (unpaired) electrons. The maximum Gasteiger partial charge on any atom is 0.513 e. The SMILES string of the molecule is CCCCc1nc2cccc(NCCC)c2n1Cc1ccc(-c2ccccc2OC(=O)OCC)cc1. The van der Waals surface area contributed by atoms with Crippen molar-refractivity contribution < 1.29 is 14.3 Å². The van der Waals surface area contributed by atoms with Gasteiger partial charge in [0.25, 0.3) is 0 Å². The molecule has 1 aromatic heterocycles. The number of hydrogen-bond donors (Lipinski definition) is 1. The molecule has 3 aromatic carbocycles. The largest absolute Gasteiger partial charge is 0.513 e. The Hall–Kier alpha value is -3.80. The summed E-state index contributed by atoms with van der Waals surface area (Å²) in [6.07, 6.45) is 3.56. The molecule has 4 rings (SSSR count). The van der Waals surface area contributed by atoms with Gasteiger partial charge in [-0.15, -0.1) is 0 Å². The first kappa shape index (κ1) is 25.3. The second kappa shape index (κ2) is 12.2. The van der Waals surface area contributed by atoms with Crippen LogP contribution in [0.1, 0.15) is 51.4 Å². The van der Waals surface area contributed by atoms with E-state index in [1.54, 1.807) is 13.0 Å². The molecule has 1 heterocycles. The third-order valence-electron chi connectivity index (χ3n) is 6.11. The van der Waals surface area contributed by atoms with Gasteiger partial charge in [0.1, 0.15) is 11.6 Å². The van der Waals surface area contributed by atoms with Crippen molar-refractivity contribution in [1.29, 1.82) is 0 Å². The minimum absolute atomic E-state index is 0.272. The third kappa shape index (κ3) is 5.88. The van der Waals surface area contributed by atoms with Crippen LogP contribution < -0.4 is 10.1 Å². The number of ether oxygens (including phenoxy) is 2. The van der Waals surface area contributed by atoms with Crippen molar-refractivity contribution in [2.75, 3.05) is 18.5 Å². The van der Waals surface area contributed by atoms with E-state index in [1.807, 2.05) is 18.2 Å². The van der Waals surface area contributed by atoms with Crippen molar-refractivity contribution in [2.24, 2.45) is 0 Å². The molecule has 0 saturated carbocycles. The predicted molar refractivity (Wildman–Crippen MR) is 146 cm³/mol. The van der Waals surface area contributed by atoms with Gasteiger partial charge in [-0.25, -0.2) is 9.78 Å². The van der Waals surface area contributed by atoms with Gasteiger partial charge in [-0.1, -0.05) is 68.8 Å². The van der Waals surface area contributed by atoms with Crippen LogP contribution in [-0.2, 0) is 17.7 Å². The molecule has 36 heavy (non-hydrogen) atoms. The van der Waals surface area contributed by atoms with Crippen LogP contribution in [0.3, 0.4) is 0 Å². The van der Waals surface area contributed by atoms with Gasteiger partial charge in [0.15, 0.2) is 0 Å². The highest BCUT2D eigenvalue weighted by molar-refractivity contribution is 5.89. The minimum atomic E-state index is -0.694. The second-order valence-corrected chi connectivity index (χ2v) is 8.80. The first-order valence-corrected chi connectivity index (χ1v) is 12.9. The van der Waals surface area contributed by atoms with Gasteiger partial charge < -0.3 is 19.4 Å². The van der Waals surface area contributed by atoms with E-state index in [1.165, 1.54) is 5.56 Å². The standard InChI is InChI=1S/C30H35N3O3/c1-4-7-15-28-32-26-13-10-12-25(31-20-5-2)29(26)33(28)21-22-16-18-23(19-17-22)24-11-8-9-14-27(24)36-30(34)35-6-3/h8-14,16-19,31H,4-7,15,20-21H2,1-3H3. The second-order valence-electron chi connectivity index (χ2n) is 8.80. The first-order valence-electron chi connectivity index (χ1n) is 12.9. The number of carbonyl (C=O) groups excluding carboxylic acids is 1. The van der Waals surface area contributed by atoms with Crippen LogP contribution in [0.15, 0.2) is 66.7 Å². The topological polar surface area (TPSA) is 65.4 Å². The summed E-state index contributed by atoms with van der Waals surface area (Å²) >= 11 is 0. The Balaban J connectivity index is 1.64. The van der Waals surface area contributed by atoms with Gasteiger partial charge in [-0.2, -0.15) is 0 Å². The zero-order valence-electron chi connectivity index (χ0n) is 21.4. The lowest BCUT2D eigenvalue weighted by Gasteiger charge is -2.14. The average molecular weight is 486 g/mol. The lowest BCUT2D eigenvalue weighted by molar-refractivity contribution is 0.104. The van der Waals surface area contributed by atoms with Gasteiger partial charge >= 0.3 is 6.16 Å². The number of benzene rings is 3. The molecule has 0 aliphatic rings. The molecule has 0 saturated heterocycles. The number of unbranched alkanes of at least 4 members (excludes halogenated alkanes) is 1. The molecule has 0 amide bonds. The fraction of sp³-hybridized carbons (Fsp3) is 0.333. The van der Waals surface area contributed by atoms with Crippen molar-refractivity contribution in [3.8, 4) is 16.9 Å². The van der Waals surface area contributed by atoms with Crippen molar-refractivity contribution in [3.63, 3.8) is 0 Å². The first-order chi connectivity index (χ1) is 17.6. The number of aromatic nitrogens is 2. The summed E-state index contributed by atoms with van der Waals surface area (Å²) in [5, 5.41) is 3.58. The molecule has 0 unspecified atom stereocenters. The summed E-state index contributed by atoms with van der Waals surface area (Å²) in [4.78, 5) is 16.9. The highest BCUT2D eigenvalue weighted by Gasteiger charge is 2.15. The van der Waals surface area contributed by atoms with Crippen LogP contribution in [0, 0.1) is 0 Å². The number of carbonyl (C=O) groups is 1. The molecule has 0 bridgehead atoms. The van der Waals surface area contributed by atoms with Crippen molar-refractivity contribution >= 4 is 22.9 Å². The number of hydrogen-bond acceptors (Lipinski definition) is 5. The highest BCUT2D eigenvalue weighted by atomic mass is 16.7. The number of aryl methyl sites for hydroxylation is 1. The van der Waals surface area contributed by atoms with E-state index >= 15 is 0 Å². The summed E-state index contributed by atoms with van der Waals surface area (Å²) in [6.45, 7) is 8.08. The smallest absolute Gasteiger partial charge is 0.434 e. The van der Waals surface area contributed by atoms with E-state index in [4.69, 9.17) is 14.5 Å². The summed E-state index contributed by atoms with van der Waals surface area (Å²) in [7, 11) is 0. The molecule has 6 heteroatoms. The summed E-state index contributed by atoms with van der Waals surface area (Å²) in [5.74, 6) is 1.60. The molecule has 0 spiro atoms. The fourth-order valence-corrected chi connectivity index (χ4v) is 4.34. The number of para-hydroxylation sites is 2. The average Bonchev–Trinajstić information content (AvgIpc) is 3.25. The monoisotopic (exact) mass is 485 g/mol. The number of imidazole rings is 1. The van der Waals surface area contributed by atoms with Crippen molar-refractivity contribution in [2.45, 2.75) is 53.0 Å². The Kier molecular flexibility index (Phi) is 8.61. The lowest BCUT2D eigenvalue weighted by Crippen LogP contribution is -2.10. The van der Waals surface area contributed by atoms with Gasteiger partial charge in [-0.3, -0.25) is 0 Å². The minimum Gasteiger partial charge on any atom is -0.434 e. The molecule has 4 aromatic rings. The highest BCUT2D eigenvalue weighted by Crippen LogP contribution is 2.31. The zero-order chi connectivity index (χ0) is 25.3. The van der Waals surface area contributed by atoms with E-state index in [-0.39, 0.29) is 6.61 Å².